The molecule has 9 nitrogen and oxygen atoms in total. The number of carbonyl (C=O) groups excluding carboxylic acids is 3. The van der Waals surface area contributed by atoms with Crippen molar-refractivity contribution in [3.8, 4) is 0 Å². The maximum atomic E-state index is 13.1. The van der Waals surface area contributed by atoms with E-state index < -0.39 is 17.8 Å². The summed E-state index contributed by atoms with van der Waals surface area (Å²) >= 11 is 3.46. The first-order valence-corrected chi connectivity index (χ1v) is 12.6. The summed E-state index contributed by atoms with van der Waals surface area (Å²) in [6, 6.07) is 0. The van der Waals surface area contributed by atoms with E-state index in [1.54, 1.807) is 13.0 Å². The quantitative estimate of drug-likeness (QED) is 0.205. The highest BCUT2D eigenvalue weighted by Crippen LogP contribution is 2.34. The average Bonchev–Trinajstić information content (AvgIpc) is 3.28. The molecule has 3 rings (SSSR count). The third kappa shape index (κ3) is 4.79. The van der Waals surface area contributed by atoms with Gasteiger partial charge < -0.3 is 14.8 Å². The molecule has 1 amide bonds. The van der Waals surface area contributed by atoms with Crippen molar-refractivity contribution in [3.63, 3.8) is 0 Å². The first-order chi connectivity index (χ1) is 16.1. The van der Waals surface area contributed by atoms with Crippen LogP contribution in [0.2, 0.25) is 0 Å². The highest BCUT2D eigenvalue weighted by Gasteiger charge is 2.27. The van der Waals surface area contributed by atoms with Crippen LogP contribution in [0.3, 0.4) is 0 Å². The van der Waals surface area contributed by atoms with Crippen LogP contribution in [0.5, 0.6) is 0 Å². The summed E-state index contributed by atoms with van der Waals surface area (Å²) in [5.74, 6) is -1.81. The van der Waals surface area contributed by atoms with Gasteiger partial charge in [-0.3, -0.25) is 14.2 Å². The Labute approximate surface area is 207 Å². The molecule has 0 spiro atoms. The van der Waals surface area contributed by atoms with E-state index in [-0.39, 0.29) is 33.3 Å². The first-order valence-electron chi connectivity index (χ1n) is 9.98. The van der Waals surface area contributed by atoms with Crippen molar-refractivity contribution in [2.24, 2.45) is 0 Å². The Kier molecular flexibility index (Phi) is 7.95. The minimum Gasteiger partial charge on any atom is -0.465 e. The Morgan fingerprint density at radius 1 is 1.12 bits per heavy atom. The molecule has 12 heteroatoms. The van der Waals surface area contributed by atoms with E-state index in [0.717, 1.165) is 33.5 Å². The van der Waals surface area contributed by atoms with Gasteiger partial charge in [-0.15, -0.1) is 29.3 Å². The number of thiophene rings is 2. The largest absolute Gasteiger partial charge is 0.465 e. The first kappa shape index (κ1) is 25.7. The summed E-state index contributed by atoms with van der Waals surface area (Å²) in [5, 5.41) is 3.82. The summed E-state index contributed by atoms with van der Waals surface area (Å²) in [5.41, 5.74) is 1.18. The number of aromatic nitrogens is 2. The zero-order chi connectivity index (χ0) is 25.2. The standard InChI is InChI=1S/C22H23N3O6S3/c1-7-8-25-19(27)14-10(2)12(4)33-17(14)24-22(25)32-9-13(26)23-18-15(20(28)30-5)11(3)16(34-18)21(29)31-6/h7H,1,8-9H2,2-6H3,(H,23,26). The molecule has 0 atom stereocenters. The number of anilines is 1. The van der Waals surface area contributed by atoms with Crippen LogP contribution in [0, 0.1) is 20.8 Å². The number of hydrogen-bond donors (Lipinski definition) is 1. The van der Waals surface area contributed by atoms with Crippen LogP contribution in [-0.2, 0) is 20.8 Å². The second kappa shape index (κ2) is 10.5. The fourth-order valence-corrected chi connectivity index (χ4v) is 6.25. The molecule has 0 bridgehead atoms. The Morgan fingerprint density at radius 3 is 2.41 bits per heavy atom. The molecule has 0 fully saturated rings. The molecule has 0 aliphatic rings. The number of fused-ring (bicyclic) bond motifs is 1. The monoisotopic (exact) mass is 521 g/mol. The van der Waals surface area contributed by atoms with Crippen LogP contribution in [-0.4, -0.2) is 47.4 Å². The molecular formula is C22H23N3O6S3. The SMILES string of the molecule is C=CCn1c(SCC(=O)Nc2sc(C(=O)OC)c(C)c2C(=O)OC)nc2sc(C)c(C)c2c1=O. The normalized spacial score (nSPS) is 10.9. The lowest BCUT2D eigenvalue weighted by atomic mass is 10.1. The minimum atomic E-state index is -0.678. The van der Waals surface area contributed by atoms with E-state index in [1.165, 1.54) is 30.1 Å². The Hall–Kier alpha value is -2.96. The minimum absolute atomic E-state index is 0.0798. The Bertz CT molecular complexity index is 1370. The van der Waals surface area contributed by atoms with Crippen LogP contribution in [0.1, 0.15) is 36.0 Å². The number of nitrogens with one attached hydrogen (secondary N) is 1. The number of methoxy groups -OCH3 is 2. The maximum absolute atomic E-state index is 13.1. The van der Waals surface area contributed by atoms with Crippen molar-refractivity contribution in [1.29, 1.82) is 0 Å². The number of carbonyl (C=O) groups is 3. The average molecular weight is 522 g/mol. The molecular weight excluding hydrogens is 498 g/mol. The topological polar surface area (TPSA) is 117 Å². The van der Waals surface area contributed by atoms with E-state index >= 15 is 0 Å². The van der Waals surface area contributed by atoms with Crippen LogP contribution < -0.4 is 10.9 Å². The van der Waals surface area contributed by atoms with Gasteiger partial charge in [-0.25, -0.2) is 14.6 Å². The summed E-state index contributed by atoms with van der Waals surface area (Å²) in [7, 11) is 2.45. The van der Waals surface area contributed by atoms with Crippen LogP contribution in [0.4, 0.5) is 5.00 Å². The van der Waals surface area contributed by atoms with Gasteiger partial charge in [0.15, 0.2) is 5.16 Å². The van der Waals surface area contributed by atoms with Gasteiger partial charge in [0.05, 0.1) is 30.9 Å². The number of amides is 1. The number of ether oxygens (including phenoxy) is 2. The predicted octanol–water partition coefficient (Wildman–Crippen LogP) is 3.93. The van der Waals surface area contributed by atoms with Crippen LogP contribution >= 0.6 is 34.4 Å². The second-order valence-electron chi connectivity index (χ2n) is 7.14. The summed E-state index contributed by atoms with van der Waals surface area (Å²) in [6.45, 7) is 9.36. The maximum Gasteiger partial charge on any atom is 0.348 e. The molecule has 180 valence electrons. The molecule has 1 N–H and O–H groups in total. The van der Waals surface area contributed by atoms with Crippen molar-refractivity contribution >= 4 is 67.5 Å². The van der Waals surface area contributed by atoms with Crippen LogP contribution in [0.15, 0.2) is 22.6 Å². The molecule has 0 unspecified atom stereocenters. The number of allylic oxidation sites excluding steroid dienone is 1. The highest BCUT2D eigenvalue weighted by atomic mass is 32.2. The zero-order valence-electron chi connectivity index (χ0n) is 19.3. The lowest BCUT2D eigenvalue weighted by molar-refractivity contribution is -0.113. The van der Waals surface area contributed by atoms with E-state index in [0.29, 0.717) is 20.9 Å². The van der Waals surface area contributed by atoms with Crippen LogP contribution in [0.25, 0.3) is 10.2 Å². The molecule has 0 aromatic carbocycles. The molecule has 0 saturated carbocycles. The summed E-state index contributed by atoms with van der Waals surface area (Å²) in [6.07, 6.45) is 1.60. The molecule has 0 saturated heterocycles. The molecule has 0 aliphatic carbocycles. The number of aryl methyl sites for hydroxylation is 2. The van der Waals surface area contributed by atoms with Gasteiger partial charge in [0, 0.05) is 11.4 Å². The van der Waals surface area contributed by atoms with E-state index in [4.69, 9.17) is 9.47 Å². The van der Waals surface area contributed by atoms with Crippen molar-refractivity contribution < 1.29 is 23.9 Å². The smallest absolute Gasteiger partial charge is 0.348 e. The molecule has 34 heavy (non-hydrogen) atoms. The molecule has 0 aliphatic heterocycles. The molecule has 3 aromatic heterocycles. The number of nitrogens with zero attached hydrogens (tertiary/aromatic N) is 2. The van der Waals surface area contributed by atoms with Crippen molar-refractivity contribution in [3.05, 3.63) is 49.5 Å². The number of esters is 2. The lowest BCUT2D eigenvalue weighted by Gasteiger charge is -2.10. The summed E-state index contributed by atoms with van der Waals surface area (Å²) in [4.78, 5) is 56.6. The zero-order valence-corrected chi connectivity index (χ0v) is 21.7. The van der Waals surface area contributed by atoms with Gasteiger partial charge in [0.1, 0.15) is 14.7 Å². The third-order valence-corrected chi connectivity index (χ3v) is 8.32. The third-order valence-electron chi connectivity index (χ3n) is 5.06. The molecule has 3 heterocycles. The van der Waals surface area contributed by atoms with E-state index in [9.17, 15) is 19.2 Å². The van der Waals surface area contributed by atoms with Gasteiger partial charge in [-0.05, 0) is 31.9 Å². The fraction of sp³-hybridized carbons (Fsp3) is 0.318. The van der Waals surface area contributed by atoms with Gasteiger partial charge in [-0.1, -0.05) is 17.8 Å². The molecule has 0 radical (unpaired) electrons. The Morgan fingerprint density at radius 2 is 1.79 bits per heavy atom. The van der Waals surface area contributed by atoms with Crippen molar-refractivity contribution in [2.75, 3.05) is 25.3 Å². The second-order valence-corrected chi connectivity index (χ2v) is 10.3. The highest BCUT2D eigenvalue weighted by molar-refractivity contribution is 7.99. The molecule has 3 aromatic rings. The van der Waals surface area contributed by atoms with Gasteiger partial charge in [-0.2, -0.15) is 0 Å². The Balaban J connectivity index is 1.89. The number of hydrogen-bond acceptors (Lipinski definition) is 10. The van der Waals surface area contributed by atoms with Gasteiger partial charge >= 0.3 is 11.9 Å². The number of rotatable bonds is 8. The van der Waals surface area contributed by atoms with Gasteiger partial charge in [0.25, 0.3) is 5.56 Å². The van der Waals surface area contributed by atoms with E-state index in [1.807, 2.05) is 13.8 Å². The van der Waals surface area contributed by atoms with Gasteiger partial charge in [0.2, 0.25) is 5.91 Å². The summed E-state index contributed by atoms with van der Waals surface area (Å²) < 4.78 is 11.0. The number of thioether (sulfide) groups is 1. The van der Waals surface area contributed by atoms with Crippen molar-refractivity contribution in [1.82, 2.24) is 9.55 Å². The van der Waals surface area contributed by atoms with E-state index in [2.05, 4.69) is 16.9 Å². The lowest BCUT2D eigenvalue weighted by Crippen LogP contribution is -2.23. The fourth-order valence-electron chi connectivity index (χ4n) is 3.24. The van der Waals surface area contributed by atoms with Crippen molar-refractivity contribution in [2.45, 2.75) is 32.5 Å². The predicted molar refractivity (Wildman–Crippen MR) is 135 cm³/mol.